The van der Waals surface area contributed by atoms with Gasteiger partial charge in [0.2, 0.25) is 0 Å². The molecule has 1 aromatic carbocycles. The highest BCUT2D eigenvalue weighted by Gasteiger charge is 2.21. The summed E-state index contributed by atoms with van der Waals surface area (Å²) < 4.78 is 0. The summed E-state index contributed by atoms with van der Waals surface area (Å²) in [5, 5.41) is 0.836. The number of rotatable bonds is 2. The summed E-state index contributed by atoms with van der Waals surface area (Å²) in [5.74, 6) is 0. The number of H-pyrrole nitrogens is 1. The second kappa shape index (κ2) is 5.88. The summed E-state index contributed by atoms with van der Waals surface area (Å²) in [6, 6.07) is 4.72. The van der Waals surface area contributed by atoms with Gasteiger partial charge in [0, 0.05) is 29.2 Å². The van der Waals surface area contributed by atoms with Gasteiger partial charge in [-0.15, -0.1) is 0 Å². The van der Waals surface area contributed by atoms with E-state index in [1.54, 1.807) is 0 Å². The van der Waals surface area contributed by atoms with Crippen molar-refractivity contribution in [3.63, 3.8) is 0 Å². The minimum absolute atomic E-state index is 0.204. The third-order valence-electron chi connectivity index (χ3n) is 5.07. The topological polar surface area (TPSA) is 36.1 Å². The number of aromatic nitrogens is 1. The van der Waals surface area contributed by atoms with E-state index in [0.29, 0.717) is 6.04 Å². The molecule has 0 saturated carbocycles. The lowest BCUT2D eigenvalue weighted by Crippen LogP contribution is -2.38. The molecule has 1 aliphatic heterocycles. The van der Waals surface area contributed by atoms with Crippen LogP contribution in [0.4, 0.5) is 0 Å². The molecule has 3 heteroatoms. The number of nitrogens with zero attached hydrogens (tertiary/aromatic N) is 1. The van der Waals surface area contributed by atoms with Gasteiger partial charge >= 0.3 is 0 Å². The molecular formula is C19H26N2O. The molecule has 1 saturated heterocycles. The number of piperidine rings is 1. The van der Waals surface area contributed by atoms with E-state index in [1.165, 1.54) is 19.3 Å². The number of aryl methyl sites for hydroxylation is 3. The zero-order valence-electron chi connectivity index (χ0n) is 14.1. The molecule has 2 heterocycles. The highest BCUT2D eigenvalue weighted by molar-refractivity contribution is 5.83. The Morgan fingerprint density at radius 1 is 1.23 bits per heavy atom. The van der Waals surface area contributed by atoms with Gasteiger partial charge in [-0.25, -0.2) is 0 Å². The second-order valence-corrected chi connectivity index (χ2v) is 6.88. The molecule has 0 unspecified atom stereocenters. The molecular weight excluding hydrogens is 272 g/mol. The van der Waals surface area contributed by atoms with Gasteiger partial charge in [-0.1, -0.05) is 12.5 Å². The van der Waals surface area contributed by atoms with E-state index < -0.39 is 0 Å². The van der Waals surface area contributed by atoms with Gasteiger partial charge in [-0.3, -0.25) is 9.69 Å². The normalized spacial score (nSPS) is 19.7. The molecule has 1 atom stereocenters. The smallest absolute Gasteiger partial charge is 0.194 e. The molecule has 3 rings (SSSR count). The lowest BCUT2D eigenvalue weighted by atomic mass is 10.00. The first-order valence-electron chi connectivity index (χ1n) is 8.34. The van der Waals surface area contributed by atoms with Crippen molar-refractivity contribution in [1.29, 1.82) is 0 Å². The highest BCUT2D eigenvalue weighted by Crippen LogP contribution is 2.22. The van der Waals surface area contributed by atoms with Crippen LogP contribution in [0, 0.1) is 20.8 Å². The largest absolute Gasteiger partial charge is 0.358 e. The van der Waals surface area contributed by atoms with Crippen molar-refractivity contribution < 1.29 is 0 Å². The molecule has 0 spiro atoms. The third kappa shape index (κ3) is 2.70. The van der Waals surface area contributed by atoms with Crippen molar-refractivity contribution in [3.8, 4) is 0 Å². The minimum atomic E-state index is 0.204. The van der Waals surface area contributed by atoms with Gasteiger partial charge in [0.25, 0.3) is 0 Å². The van der Waals surface area contributed by atoms with Crippen molar-refractivity contribution in [3.05, 3.63) is 44.7 Å². The molecule has 2 aromatic rings. The molecule has 1 N–H and O–H groups in total. The molecule has 3 nitrogen and oxygen atoms in total. The second-order valence-electron chi connectivity index (χ2n) is 6.88. The first-order valence-corrected chi connectivity index (χ1v) is 8.34. The quantitative estimate of drug-likeness (QED) is 0.914. The standard InChI is InChI=1S/C19H26N2O/c1-12-9-13(2)18-16(10-12)19(22)17(15(4)20-18)11-21-8-6-5-7-14(21)3/h9-10,14H,5-8,11H2,1-4H3,(H,20,22)/t14-/m0/s1. The predicted molar refractivity (Wildman–Crippen MR) is 92.5 cm³/mol. The first-order chi connectivity index (χ1) is 10.5. The molecule has 0 bridgehead atoms. The molecule has 1 aliphatic rings. The average Bonchev–Trinajstić information content (AvgIpc) is 2.47. The maximum atomic E-state index is 13.0. The Morgan fingerprint density at radius 3 is 2.73 bits per heavy atom. The molecule has 0 amide bonds. The Morgan fingerprint density at radius 2 is 2.00 bits per heavy atom. The summed E-state index contributed by atoms with van der Waals surface area (Å²) in [6.07, 6.45) is 3.79. The molecule has 0 aliphatic carbocycles. The maximum absolute atomic E-state index is 13.0. The van der Waals surface area contributed by atoms with Gasteiger partial charge < -0.3 is 4.98 Å². The zero-order valence-corrected chi connectivity index (χ0v) is 14.1. The summed E-state index contributed by atoms with van der Waals surface area (Å²) in [5.41, 5.74) is 5.44. The van der Waals surface area contributed by atoms with Crippen molar-refractivity contribution in [2.24, 2.45) is 0 Å². The molecule has 1 fully saturated rings. The number of likely N-dealkylation sites (tertiary alicyclic amines) is 1. The number of pyridine rings is 1. The van der Waals surface area contributed by atoms with Crippen LogP contribution in [0.1, 0.15) is 48.6 Å². The summed E-state index contributed by atoms with van der Waals surface area (Å²) in [4.78, 5) is 18.9. The van der Waals surface area contributed by atoms with Crippen LogP contribution in [0.2, 0.25) is 0 Å². The van der Waals surface area contributed by atoms with Crippen molar-refractivity contribution in [1.82, 2.24) is 9.88 Å². The van der Waals surface area contributed by atoms with Crippen LogP contribution in [0.15, 0.2) is 16.9 Å². The van der Waals surface area contributed by atoms with E-state index in [9.17, 15) is 4.79 Å². The molecule has 22 heavy (non-hydrogen) atoms. The summed E-state index contributed by atoms with van der Waals surface area (Å²) in [6.45, 7) is 10.3. The monoisotopic (exact) mass is 298 g/mol. The van der Waals surface area contributed by atoms with Crippen molar-refractivity contribution in [2.45, 2.75) is 59.5 Å². The Labute approximate surface area is 132 Å². The van der Waals surface area contributed by atoms with Gasteiger partial charge in [0.1, 0.15) is 0 Å². The number of hydrogen-bond donors (Lipinski definition) is 1. The lowest BCUT2D eigenvalue weighted by molar-refractivity contribution is 0.152. The van der Waals surface area contributed by atoms with Crippen LogP contribution in [-0.4, -0.2) is 22.5 Å². The van der Waals surface area contributed by atoms with E-state index >= 15 is 0 Å². The van der Waals surface area contributed by atoms with E-state index in [4.69, 9.17) is 0 Å². The lowest BCUT2D eigenvalue weighted by Gasteiger charge is -2.33. The van der Waals surface area contributed by atoms with Crippen molar-refractivity contribution in [2.75, 3.05) is 6.54 Å². The van der Waals surface area contributed by atoms with Crippen molar-refractivity contribution >= 4 is 10.9 Å². The minimum Gasteiger partial charge on any atom is -0.358 e. The fraction of sp³-hybridized carbons (Fsp3) is 0.526. The number of benzene rings is 1. The fourth-order valence-electron chi connectivity index (χ4n) is 3.69. The number of aromatic amines is 1. The van der Waals surface area contributed by atoms with Gasteiger partial charge in [-0.2, -0.15) is 0 Å². The summed E-state index contributed by atoms with van der Waals surface area (Å²) in [7, 11) is 0. The molecule has 1 aromatic heterocycles. The Balaban J connectivity index is 2.08. The average molecular weight is 298 g/mol. The van der Waals surface area contributed by atoms with Crippen LogP contribution in [0.25, 0.3) is 10.9 Å². The van der Waals surface area contributed by atoms with Crippen LogP contribution in [0.3, 0.4) is 0 Å². The fourth-order valence-corrected chi connectivity index (χ4v) is 3.69. The van der Waals surface area contributed by atoms with Crippen LogP contribution >= 0.6 is 0 Å². The Hall–Kier alpha value is -1.61. The molecule has 0 radical (unpaired) electrons. The van der Waals surface area contributed by atoms with Gasteiger partial charge in [0.05, 0.1) is 5.52 Å². The molecule has 118 valence electrons. The number of fused-ring (bicyclic) bond motifs is 1. The number of hydrogen-bond acceptors (Lipinski definition) is 2. The SMILES string of the molecule is Cc1cc(C)c2[nH]c(C)c(CN3CCCC[C@@H]3C)c(=O)c2c1. The Bertz CT molecular complexity index is 760. The van der Waals surface area contributed by atoms with E-state index in [1.807, 2.05) is 13.0 Å². The Kier molecular flexibility index (Phi) is 4.09. The number of nitrogens with one attached hydrogen (secondary N) is 1. The zero-order chi connectivity index (χ0) is 15.9. The predicted octanol–water partition coefficient (Wildman–Crippen LogP) is 3.83. The van der Waals surface area contributed by atoms with Crippen LogP contribution in [-0.2, 0) is 6.54 Å². The third-order valence-corrected chi connectivity index (χ3v) is 5.07. The van der Waals surface area contributed by atoms with Gasteiger partial charge in [0.15, 0.2) is 5.43 Å². The first kappa shape index (κ1) is 15.3. The van der Waals surface area contributed by atoms with Crippen LogP contribution < -0.4 is 5.43 Å². The van der Waals surface area contributed by atoms with Crippen LogP contribution in [0.5, 0.6) is 0 Å². The van der Waals surface area contributed by atoms with E-state index in [-0.39, 0.29) is 5.43 Å². The highest BCUT2D eigenvalue weighted by atomic mass is 16.1. The van der Waals surface area contributed by atoms with Gasteiger partial charge in [-0.05, 0) is 64.3 Å². The maximum Gasteiger partial charge on any atom is 0.194 e. The van der Waals surface area contributed by atoms with E-state index in [2.05, 4.69) is 36.7 Å². The van der Waals surface area contributed by atoms with E-state index in [0.717, 1.165) is 46.4 Å². The summed E-state index contributed by atoms with van der Waals surface area (Å²) >= 11 is 0.